The Bertz CT molecular complexity index is 2030. The molecule has 0 aliphatic carbocycles. The molecule has 2 aromatic heterocycles. The standard InChI is InChI=1S/C24H28N12O13S2/c1-24(2,19(42)43)49-32-14(12-8-50-21(26)30-12)17(40)29-11-7-34(18(11)41)22(45)33-51(47,48)36-4-3-35(23(36)46)31-16(39)9-5-13(37)15(38)10(28-9)6-27-20(25)44/h5,8,11,38H,3-4,6-7H2,1-2H3,(H2,26,30)(H,28,37)(H,29,40)(H,31,39)(H,33,45)(H,42,43)(H3,25,27,44)/t11-/m0/s1. The van der Waals surface area contributed by atoms with Crippen molar-refractivity contribution in [3.63, 3.8) is 0 Å². The summed E-state index contributed by atoms with van der Waals surface area (Å²) in [6.45, 7) is 0.265. The molecule has 0 radical (unpaired) electrons. The number of anilines is 1. The first-order valence-electron chi connectivity index (χ1n) is 14.0. The zero-order chi connectivity index (χ0) is 38.0. The summed E-state index contributed by atoms with van der Waals surface area (Å²) in [7, 11) is -4.97. The van der Waals surface area contributed by atoms with Gasteiger partial charge < -0.3 is 42.1 Å². The number of carbonyl (C=O) groups excluding carboxylic acids is 6. The van der Waals surface area contributed by atoms with Crippen LogP contribution in [0.1, 0.15) is 35.7 Å². The number of urea groups is 3. The number of oxime groups is 1. The molecule has 274 valence electrons. The topological polar surface area (TPSA) is 371 Å². The monoisotopic (exact) mass is 756 g/mol. The zero-order valence-corrected chi connectivity index (χ0v) is 27.8. The van der Waals surface area contributed by atoms with E-state index in [1.165, 1.54) is 10.1 Å². The number of aromatic nitrogens is 2. The third-order valence-corrected chi connectivity index (χ3v) is 8.84. The fourth-order valence-electron chi connectivity index (χ4n) is 4.02. The van der Waals surface area contributed by atoms with Gasteiger partial charge in [-0.05, 0) is 13.8 Å². The van der Waals surface area contributed by atoms with Gasteiger partial charge in [-0.2, -0.15) is 8.42 Å². The molecule has 27 heteroatoms. The lowest BCUT2D eigenvalue weighted by Crippen LogP contribution is -2.68. The Morgan fingerprint density at radius 1 is 1.20 bits per heavy atom. The summed E-state index contributed by atoms with van der Waals surface area (Å²) in [6.07, 6.45) is 0. The molecule has 2 saturated heterocycles. The highest BCUT2D eigenvalue weighted by molar-refractivity contribution is 7.88. The van der Waals surface area contributed by atoms with Gasteiger partial charge in [0.25, 0.3) is 17.7 Å². The number of nitrogen functional groups attached to an aromatic ring is 1. The number of nitrogens with one attached hydrogen (secondary N) is 5. The first kappa shape index (κ1) is 37.3. The molecule has 2 fully saturated rings. The highest BCUT2D eigenvalue weighted by Crippen LogP contribution is 2.18. The van der Waals surface area contributed by atoms with Crippen molar-refractivity contribution in [2.24, 2.45) is 10.9 Å². The Morgan fingerprint density at radius 2 is 1.88 bits per heavy atom. The minimum atomic E-state index is -4.97. The third-order valence-electron chi connectivity index (χ3n) is 6.82. The fraction of sp³-hybridized carbons (Fsp3) is 0.333. The number of imide groups is 1. The van der Waals surface area contributed by atoms with Crippen LogP contribution < -0.4 is 37.7 Å². The summed E-state index contributed by atoms with van der Waals surface area (Å²) in [5, 5.41) is 28.9. The number of nitrogens with two attached hydrogens (primary N) is 2. The summed E-state index contributed by atoms with van der Waals surface area (Å²) in [5.41, 5.74) is 8.23. The van der Waals surface area contributed by atoms with E-state index in [9.17, 15) is 57.0 Å². The van der Waals surface area contributed by atoms with Gasteiger partial charge in [0.15, 0.2) is 16.6 Å². The maximum absolute atomic E-state index is 13.0. The summed E-state index contributed by atoms with van der Waals surface area (Å²) in [5.74, 6) is -5.53. The number of hydrogen-bond donors (Lipinski definition) is 9. The second-order valence-corrected chi connectivity index (χ2v) is 13.3. The number of rotatable bonds is 12. The number of pyridine rings is 1. The molecule has 0 bridgehead atoms. The van der Waals surface area contributed by atoms with Crippen LogP contribution in [0.5, 0.6) is 5.75 Å². The number of likely N-dealkylation sites (tertiary alicyclic amines) is 1. The van der Waals surface area contributed by atoms with Crippen molar-refractivity contribution in [2.45, 2.75) is 32.0 Å². The van der Waals surface area contributed by atoms with Gasteiger partial charge in [0, 0.05) is 11.4 Å². The van der Waals surface area contributed by atoms with E-state index in [0.29, 0.717) is 16.0 Å². The van der Waals surface area contributed by atoms with E-state index >= 15 is 0 Å². The Hall–Kier alpha value is -6.51. The molecule has 2 aromatic rings. The van der Waals surface area contributed by atoms with Crippen LogP contribution in [0.15, 0.2) is 21.4 Å². The second kappa shape index (κ2) is 14.2. The number of carboxylic acids is 1. The molecule has 9 amide bonds. The number of amides is 9. The number of β-lactam (4-membered cyclic amide) rings is 1. The number of carbonyl (C=O) groups is 7. The number of carboxylic acid groups (broad SMARTS) is 1. The number of hydrogen-bond acceptors (Lipinski definition) is 16. The molecule has 2 aliphatic rings. The van der Waals surface area contributed by atoms with E-state index in [1.807, 2.05) is 0 Å². The number of aromatic hydroxyl groups is 1. The molecular weight excluding hydrogens is 728 g/mol. The van der Waals surface area contributed by atoms with Crippen molar-refractivity contribution in [1.82, 2.24) is 45.0 Å². The molecule has 25 nitrogen and oxygen atoms in total. The van der Waals surface area contributed by atoms with Crippen molar-refractivity contribution >= 4 is 74.2 Å². The molecule has 51 heavy (non-hydrogen) atoms. The molecule has 0 spiro atoms. The molecule has 0 aromatic carbocycles. The van der Waals surface area contributed by atoms with Crippen molar-refractivity contribution in [1.29, 1.82) is 0 Å². The average molecular weight is 757 g/mol. The van der Waals surface area contributed by atoms with Crippen LogP contribution in [0.4, 0.5) is 19.5 Å². The Kier molecular flexibility index (Phi) is 10.4. The second-order valence-electron chi connectivity index (χ2n) is 10.8. The van der Waals surface area contributed by atoms with Crippen molar-refractivity contribution in [3.05, 3.63) is 38.8 Å². The van der Waals surface area contributed by atoms with Gasteiger partial charge in [0.1, 0.15) is 17.4 Å². The first-order valence-corrected chi connectivity index (χ1v) is 16.3. The lowest BCUT2D eigenvalue weighted by atomic mass is 10.1. The van der Waals surface area contributed by atoms with Gasteiger partial charge in [-0.15, -0.1) is 11.3 Å². The predicted molar refractivity (Wildman–Crippen MR) is 168 cm³/mol. The lowest BCUT2D eigenvalue weighted by Gasteiger charge is -2.36. The third kappa shape index (κ3) is 8.21. The van der Waals surface area contributed by atoms with Gasteiger partial charge in [-0.25, -0.2) is 38.2 Å². The average Bonchev–Trinajstić information content (AvgIpc) is 3.63. The number of aliphatic carboxylic acids is 1. The molecule has 4 heterocycles. The van der Waals surface area contributed by atoms with Crippen LogP contribution in [-0.2, 0) is 36.0 Å². The largest absolute Gasteiger partial charge is 0.503 e. The van der Waals surface area contributed by atoms with E-state index < -0.39 is 112 Å². The lowest BCUT2D eigenvalue weighted by molar-refractivity contribution is -0.161. The first-order chi connectivity index (χ1) is 23.7. The number of hydrazine groups is 1. The van der Waals surface area contributed by atoms with E-state index in [0.717, 1.165) is 25.2 Å². The zero-order valence-electron chi connectivity index (χ0n) is 26.2. The molecule has 0 saturated carbocycles. The van der Waals surface area contributed by atoms with Crippen LogP contribution in [-0.4, -0.2) is 122 Å². The van der Waals surface area contributed by atoms with Gasteiger partial charge >= 0.3 is 34.3 Å². The summed E-state index contributed by atoms with van der Waals surface area (Å²) < 4.78 is 27.5. The number of H-pyrrole nitrogens is 1. The Labute approximate surface area is 288 Å². The Balaban J connectivity index is 1.36. The molecule has 11 N–H and O–H groups in total. The maximum atomic E-state index is 13.0. The number of aromatic amines is 1. The molecule has 0 unspecified atom stereocenters. The van der Waals surface area contributed by atoms with Crippen LogP contribution in [0.3, 0.4) is 0 Å². The van der Waals surface area contributed by atoms with Crippen LogP contribution in [0.25, 0.3) is 0 Å². The maximum Gasteiger partial charge on any atom is 0.353 e. The normalized spacial score (nSPS) is 16.3. The highest BCUT2D eigenvalue weighted by Gasteiger charge is 2.46. The van der Waals surface area contributed by atoms with Crippen LogP contribution >= 0.6 is 11.3 Å². The van der Waals surface area contributed by atoms with Gasteiger partial charge in [-0.1, -0.05) is 5.16 Å². The smallest absolute Gasteiger partial charge is 0.353 e. The minimum Gasteiger partial charge on any atom is -0.503 e. The fourth-order valence-corrected chi connectivity index (χ4v) is 5.64. The SMILES string of the molecule is CC(C)(ON=C(C(=O)N[C@H]1CN(C(=O)NS(=O)(=O)N2CCN(NC(=O)c3cc(=O)c(O)c(CNC(N)=O)[nH]3)C2=O)C1=O)c1csc(N)n1)C(=O)O. The van der Waals surface area contributed by atoms with E-state index in [1.54, 1.807) is 0 Å². The minimum absolute atomic E-state index is 0.0208. The molecular formula is C24H28N12O13S2. The van der Waals surface area contributed by atoms with Gasteiger partial charge in [0.2, 0.25) is 11.0 Å². The molecule has 4 rings (SSSR count). The van der Waals surface area contributed by atoms with E-state index in [-0.39, 0.29) is 20.8 Å². The van der Waals surface area contributed by atoms with Gasteiger partial charge in [0.05, 0.1) is 31.9 Å². The van der Waals surface area contributed by atoms with Crippen molar-refractivity contribution < 1.29 is 57.0 Å². The quantitative estimate of drug-likeness (QED) is 0.0570. The highest BCUT2D eigenvalue weighted by atomic mass is 32.2. The summed E-state index contributed by atoms with van der Waals surface area (Å²) in [6, 6.07) is -4.55. The number of thiazole rings is 1. The van der Waals surface area contributed by atoms with Crippen LogP contribution in [0.2, 0.25) is 0 Å². The summed E-state index contributed by atoms with van der Waals surface area (Å²) in [4.78, 5) is 110. The van der Waals surface area contributed by atoms with E-state index in [2.05, 4.69) is 31.2 Å². The number of primary amides is 1. The van der Waals surface area contributed by atoms with Crippen molar-refractivity contribution in [2.75, 3.05) is 25.4 Å². The van der Waals surface area contributed by atoms with Crippen LogP contribution in [0, 0.1) is 0 Å². The van der Waals surface area contributed by atoms with Gasteiger partial charge in [-0.3, -0.25) is 29.5 Å². The molecule has 1 atom stereocenters. The Morgan fingerprint density at radius 3 is 2.47 bits per heavy atom. The van der Waals surface area contributed by atoms with Crippen molar-refractivity contribution in [3.8, 4) is 5.75 Å². The number of nitrogens with zero attached hydrogens (tertiary/aromatic N) is 5. The van der Waals surface area contributed by atoms with E-state index in [4.69, 9.17) is 16.3 Å². The predicted octanol–water partition coefficient (Wildman–Crippen LogP) is -3.76. The summed E-state index contributed by atoms with van der Waals surface area (Å²) >= 11 is 0.916. The molecule has 2 aliphatic heterocycles.